The van der Waals surface area contributed by atoms with Crippen LogP contribution in [0.4, 0.5) is 0 Å². The van der Waals surface area contributed by atoms with E-state index in [1.807, 2.05) is 54.6 Å². The van der Waals surface area contributed by atoms with E-state index in [2.05, 4.69) is 31.2 Å². The van der Waals surface area contributed by atoms with Gasteiger partial charge < -0.3 is 4.74 Å². The fraction of sp³-hybridized carbons (Fsp3) is 0.136. The molecule has 0 heterocycles. The summed E-state index contributed by atoms with van der Waals surface area (Å²) < 4.78 is 5.60. The topological polar surface area (TPSA) is 33.0 Å². The molecule has 0 saturated heterocycles. The fourth-order valence-electron chi connectivity index (χ4n) is 2.68. The molecule has 0 radical (unpaired) electrons. The lowest BCUT2D eigenvalue weighted by Gasteiger charge is -2.06. The van der Waals surface area contributed by atoms with E-state index in [0.717, 1.165) is 34.1 Å². The van der Waals surface area contributed by atoms with Gasteiger partial charge in [0.2, 0.25) is 0 Å². The van der Waals surface area contributed by atoms with Gasteiger partial charge in [-0.1, -0.05) is 61.5 Å². The molecular weight excluding hydrogens is 294 g/mol. The van der Waals surface area contributed by atoms with E-state index in [-0.39, 0.29) is 0 Å². The summed E-state index contributed by atoms with van der Waals surface area (Å²) >= 11 is 0. The molecule has 3 rings (SSSR count). The van der Waals surface area contributed by atoms with Gasteiger partial charge in [0.25, 0.3) is 0 Å². The van der Waals surface area contributed by atoms with Gasteiger partial charge in [-0.15, -0.1) is 0 Å². The fourth-order valence-corrected chi connectivity index (χ4v) is 2.68. The molecule has 0 unspecified atom stereocenters. The van der Waals surface area contributed by atoms with Crippen LogP contribution in [0.15, 0.2) is 66.7 Å². The van der Waals surface area contributed by atoms with E-state index in [1.54, 1.807) is 0 Å². The van der Waals surface area contributed by atoms with Crippen LogP contribution in [-0.2, 0) is 0 Å². The predicted molar refractivity (Wildman–Crippen MR) is 99.7 cm³/mol. The van der Waals surface area contributed by atoms with Crippen LogP contribution in [0.3, 0.4) is 0 Å². The van der Waals surface area contributed by atoms with E-state index in [9.17, 15) is 5.26 Å². The highest BCUT2D eigenvalue weighted by Crippen LogP contribution is 2.26. The van der Waals surface area contributed by atoms with Gasteiger partial charge >= 0.3 is 0 Å². The summed E-state index contributed by atoms with van der Waals surface area (Å²) in [6.45, 7) is 2.80. The average Bonchev–Trinajstić information content (AvgIpc) is 2.65. The van der Waals surface area contributed by atoms with Gasteiger partial charge in [-0.25, -0.2) is 0 Å². The second-order valence-electron chi connectivity index (χ2n) is 5.61. The first-order valence-electron chi connectivity index (χ1n) is 8.14. The van der Waals surface area contributed by atoms with Crippen molar-refractivity contribution < 1.29 is 4.74 Å². The van der Waals surface area contributed by atoms with E-state index in [1.165, 1.54) is 0 Å². The first-order valence-corrected chi connectivity index (χ1v) is 8.14. The molecule has 0 bridgehead atoms. The van der Waals surface area contributed by atoms with Crippen LogP contribution in [-0.4, -0.2) is 6.61 Å². The Balaban J connectivity index is 1.96. The van der Waals surface area contributed by atoms with Gasteiger partial charge in [-0.3, -0.25) is 0 Å². The van der Waals surface area contributed by atoms with Crippen molar-refractivity contribution in [2.24, 2.45) is 0 Å². The third kappa shape index (κ3) is 3.47. The van der Waals surface area contributed by atoms with Gasteiger partial charge in [-0.2, -0.15) is 5.26 Å². The summed E-state index contributed by atoms with van der Waals surface area (Å²) in [5.41, 5.74) is 2.61. The monoisotopic (exact) mass is 313 g/mol. The lowest BCUT2D eigenvalue weighted by atomic mass is 9.97. The van der Waals surface area contributed by atoms with Crippen LogP contribution >= 0.6 is 0 Å². The molecule has 2 heteroatoms. The van der Waals surface area contributed by atoms with Crippen LogP contribution in [0.25, 0.3) is 22.4 Å². The molecule has 0 atom stereocenters. The van der Waals surface area contributed by atoms with Gasteiger partial charge in [0.05, 0.1) is 18.2 Å². The Bertz CT molecular complexity index is 896. The van der Waals surface area contributed by atoms with E-state index in [0.29, 0.717) is 12.2 Å². The number of hydrogen-bond acceptors (Lipinski definition) is 2. The minimum Gasteiger partial charge on any atom is -0.494 e. The third-order valence-corrected chi connectivity index (χ3v) is 3.86. The van der Waals surface area contributed by atoms with Gasteiger partial charge in [-0.05, 0) is 41.0 Å². The summed E-state index contributed by atoms with van der Waals surface area (Å²) in [5.74, 6) is 0.859. The van der Waals surface area contributed by atoms with Crippen LogP contribution in [0.2, 0.25) is 0 Å². The number of benzene rings is 3. The number of ether oxygens (including phenoxy) is 1. The molecule has 2 nitrogen and oxygen atoms in total. The Kier molecular flexibility index (Phi) is 4.93. The van der Waals surface area contributed by atoms with Crippen molar-refractivity contribution in [3.8, 4) is 11.8 Å². The lowest BCUT2D eigenvalue weighted by Crippen LogP contribution is -1.94. The maximum atomic E-state index is 9.63. The highest BCUT2D eigenvalue weighted by Gasteiger charge is 2.06. The third-order valence-electron chi connectivity index (χ3n) is 3.86. The molecule has 3 aromatic carbocycles. The zero-order valence-corrected chi connectivity index (χ0v) is 13.7. The molecule has 24 heavy (non-hydrogen) atoms. The van der Waals surface area contributed by atoms with Crippen molar-refractivity contribution in [2.45, 2.75) is 13.3 Å². The van der Waals surface area contributed by atoms with Gasteiger partial charge in [0, 0.05) is 5.56 Å². The molecule has 0 N–H and O–H groups in total. The van der Waals surface area contributed by atoms with Gasteiger partial charge in [0.15, 0.2) is 0 Å². The first kappa shape index (κ1) is 15.8. The highest BCUT2D eigenvalue weighted by atomic mass is 16.5. The van der Waals surface area contributed by atoms with Crippen molar-refractivity contribution >= 4 is 22.4 Å². The number of hydrogen-bond donors (Lipinski definition) is 0. The molecule has 3 aromatic rings. The molecule has 0 aromatic heterocycles. The standard InChI is InChI=1S/C22H19NO/c1-2-14-24-20-12-10-17(11-13-20)15-19(16-23)22-9-5-7-18-6-3-4-8-21(18)22/h3-13,15H,2,14H2,1H3/b19-15+. The van der Waals surface area contributed by atoms with Crippen molar-refractivity contribution in [1.82, 2.24) is 0 Å². The SMILES string of the molecule is CCCOc1ccc(/C=C(\C#N)c2cccc3ccccc23)cc1. The van der Waals surface area contributed by atoms with Crippen molar-refractivity contribution in [1.29, 1.82) is 5.26 Å². The second-order valence-corrected chi connectivity index (χ2v) is 5.61. The predicted octanol–water partition coefficient (Wildman–Crippen LogP) is 5.69. The molecule has 0 aliphatic heterocycles. The van der Waals surface area contributed by atoms with Crippen LogP contribution in [0, 0.1) is 11.3 Å². The molecular formula is C22H19NO. The Morgan fingerprint density at radius 2 is 1.75 bits per heavy atom. The van der Waals surface area contributed by atoms with E-state index in [4.69, 9.17) is 4.74 Å². The summed E-state index contributed by atoms with van der Waals surface area (Å²) in [5, 5.41) is 11.9. The van der Waals surface area contributed by atoms with Crippen LogP contribution in [0.5, 0.6) is 5.75 Å². The number of nitriles is 1. The summed E-state index contributed by atoms with van der Waals surface area (Å²) in [4.78, 5) is 0. The van der Waals surface area contributed by atoms with Crippen molar-refractivity contribution in [3.05, 3.63) is 77.9 Å². The minimum absolute atomic E-state index is 0.661. The van der Waals surface area contributed by atoms with E-state index >= 15 is 0 Å². The van der Waals surface area contributed by atoms with E-state index < -0.39 is 0 Å². The number of fused-ring (bicyclic) bond motifs is 1. The van der Waals surface area contributed by atoms with Crippen molar-refractivity contribution in [3.63, 3.8) is 0 Å². The van der Waals surface area contributed by atoms with Crippen LogP contribution < -0.4 is 4.74 Å². The zero-order chi connectivity index (χ0) is 16.8. The maximum Gasteiger partial charge on any atom is 0.119 e. The Morgan fingerprint density at radius 1 is 1.00 bits per heavy atom. The van der Waals surface area contributed by atoms with Gasteiger partial charge in [0.1, 0.15) is 5.75 Å². The molecule has 0 aliphatic carbocycles. The summed E-state index contributed by atoms with van der Waals surface area (Å²) in [7, 11) is 0. The average molecular weight is 313 g/mol. The molecule has 0 saturated carbocycles. The molecule has 0 fully saturated rings. The Morgan fingerprint density at radius 3 is 2.50 bits per heavy atom. The summed E-state index contributed by atoms with van der Waals surface area (Å²) in [6, 6.07) is 24.4. The van der Waals surface area contributed by atoms with Crippen LogP contribution in [0.1, 0.15) is 24.5 Å². The largest absolute Gasteiger partial charge is 0.494 e. The minimum atomic E-state index is 0.661. The molecule has 118 valence electrons. The van der Waals surface area contributed by atoms with Crippen molar-refractivity contribution in [2.75, 3.05) is 6.61 Å². The number of allylic oxidation sites excluding steroid dienone is 1. The second kappa shape index (κ2) is 7.48. The zero-order valence-electron chi connectivity index (χ0n) is 13.7. The maximum absolute atomic E-state index is 9.63. The normalized spacial score (nSPS) is 11.2. The molecule has 0 aliphatic rings. The molecule has 0 spiro atoms. The quantitative estimate of drug-likeness (QED) is 0.447. The smallest absolute Gasteiger partial charge is 0.119 e. The summed E-state index contributed by atoms with van der Waals surface area (Å²) in [6.07, 6.45) is 2.91. The molecule has 0 amide bonds. The Hall–Kier alpha value is -3.05. The number of rotatable bonds is 5. The first-order chi connectivity index (χ1) is 11.8. The Labute approximate surface area is 142 Å². The lowest BCUT2D eigenvalue weighted by molar-refractivity contribution is 0.317. The number of nitrogens with zero attached hydrogens (tertiary/aromatic N) is 1. The highest BCUT2D eigenvalue weighted by molar-refractivity contribution is 6.01.